The number of carboxylic acid groups (broad SMARTS) is 1. The Bertz CT molecular complexity index is 1110. The SMILES string of the molecule is O=C(O)c1cn(-c2ccc(F)c(Cl)c2)c2c(F)c(F)c(F)cc2c1=O. The highest BCUT2D eigenvalue weighted by Crippen LogP contribution is 2.26. The van der Waals surface area contributed by atoms with Crippen molar-refractivity contribution >= 4 is 28.5 Å². The van der Waals surface area contributed by atoms with E-state index in [9.17, 15) is 27.2 Å². The number of benzene rings is 2. The van der Waals surface area contributed by atoms with Gasteiger partial charge in [-0.25, -0.2) is 22.4 Å². The fourth-order valence-electron chi connectivity index (χ4n) is 2.38. The van der Waals surface area contributed by atoms with E-state index in [1.54, 1.807) is 0 Å². The fourth-order valence-corrected chi connectivity index (χ4v) is 2.56. The summed E-state index contributed by atoms with van der Waals surface area (Å²) >= 11 is 5.65. The van der Waals surface area contributed by atoms with Gasteiger partial charge in [-0.15, -0.1) is 0 Å². The minimum Gasteiger partial charge on any atom is -0.477 e. The summed E-state index contributed by atoms with van der Waals surface area (Å²) in [6.45, 7) is 0. The number of rotatable bonds is 2. The Hall–Kier alpha value is -2.87. The van der Waals surface area contributed by atoms with Gasteiger partial charge in [0.15, 0.2) is 17.5 Å². The Labute approximate surface area is 141 Å². The van der Waals surface area contributed by atoms with E-state index < -0.39 is 51.1 Å². The minimum atomic E-state index is -1.84. The fraction of sp³-hybridized carbons (Fsp3) is 0. The van der Waals surface area contributed by atoms with Crippen LogP contribution in [0, 0.1) is 23.3 Å². The molecule has 128 valence electrons. The minimum absolute atomic E-state index is 0.0520. The molecule has 0 saturated heterocycles. The molecule has 3 aromatic rings. The maximum Gasteiger partial charge on any atom is 0.341 e. The largest absolute Gasteiger partial charge is 0.477 e. The summed E-state index contributed by atoms with van der Waals surface area (Å²) in [6.07, 6.45) is 0.733. The lowest BCUT2D eigenvalue weighted by Gasteiger charge is -2.14. The first-order valence-electron chi connectivity index (χ1n) is 6.64. The number of nitrogens with zero attached hydrogens (tertiary/aromatic N) is 1. The highest BCUT2D eigenvalue weighted by Gasteiger charge is 2.23. The Balaban J connectivity index is 2.54. The first kappa shape index (κ1) is 17.0. The molecule has 0 saturated carbocycles. The zero-order valence-corrected chi connectivity index (χ0v) is 12.7. The third-order valence-electron chi connectivity index (χ3n) is 3.54. The number of pyridine rings is 1. The van der Waals surface area contributed by atoms with Crippen LogP contribution in [0.25, 0.3) is 16.6 Å². The molecule has 1 aromatic heterocycles. The summed E-state index contributed by atoms with van der Waals surface area (Å²) in [6, 6.07) is 3.45. The van der Waals surface area contributed by atoms with Crippen LogP contribution in [0.1, 0.15) is 10.4 Å². The summed E-state index contributed by atoms with van der Waals surface area (Å²) < 4.78 is 55.5. The average molecular weight is 372 g/mol. The molecular weight excluding hydrogens is 366 g/mol. The highest BCUT2D eigenvalue weighted by atomic mass is 35.5. The van der Waals surface area contributed by atoms with Gasteiger partial charge in [-0.1, -0.05) is 11.6 Å². The Morgan fingerprint density at radius 2 is 1.72 bits per heavy atom. The summed E-state index contributed by atoms with van der Waals surface area (Å²) in [4.78, 5) is 23.4. The topological polar surface area (TPSA) is 59.3 Å². The Morgan fingerprint density at radius 3 is 2.32 bits per heavy atom. The highest BCUT2D eigenvalue weighted by molar-refractivity contribution is 6.30. The van der Waals surface area contributed by atoms with Gasteiger partial charge >= 0.3 is 5.97 Å². The van der Waals surface area contributed by atoms with E-state index in [1.165, 1.54) is 0 Å². The van der Waals surface area contributed by atoms with E-state index in [0.717, 1.165) is 29.0 Å². The summed E-state index contributed by atoms with van der Waals surface area (Å²) in [5, 5.41) is 8.07. The summed E-state index contributed by atoms with van der Waals surface area (Å²) in [5.41, 5.74) is -2.75. The lowest BCUT2D eigenvalue weighted by atomic mass is 10.1. The quantitative estimate of drug-likeness (QED) is 0.549. The van der Waals surface area contributed by atoms with Crippen LogP contribution in [-0.4, -0.2) is 15.6 Å². The van der Waals surface area contributed by atoms with Gasteiger partial charge in [0.25, 0.3) is 0 Å². The number of aromatic nitrogens is 1. The lowest BCUT2D eigenvalue weighted by Crippen LogP contribution is -2.20. The molecule has 0 fully saturated rings. The molecule has 0 atom stereocenters. The third-order valence-corrected chi connectivity index (χ3v) is 3.83. The maximum absolute atomic E-state index is 14.3. The van der Waals surface area contributed by atoms with Crippen LogP contribution in [0.2, 0.25) is 5.02 Å². The number of fused-ring (bicyclic) bond motifs is 1. The predicted octanol–water partition coefficient (Wildman–Crippen LogP) is 3.90. The summed E-state index contributed by atoms with van der Waals surface area (Å²) in [5.74, 6) is -7.62. The van der Waals surface area contributed by atoms with Gasteiger partial charge in [0.2, 0.25) is 5.43 Å². The molecule has 0 aliphatic carbocycles. The second kappa shape index (κ2) is 5.89. The molecule has 1 heterocycles. The van der Waals surface area contributed by atoms with Gasteiger partial charge in [0, 0.05) is 11.9 Å². The van der Waals surface area contributed by atoms with Crippen molar-refractivity contribution in [1.82, 2.24) is 4.57 Å². The molecule has 25 heavy (non-hydrogen) atoms. The number of hydrogen-bond acceptors (Lipinski definition) is 2. The van der Waals surface area contributed by atoms with Crippen molar-refractivity contribution < 1.29 is 27.5 Å². The molecule has 0 aliphatic heterocycles. The standard InChI is InChI=1S/C16H6ClF4NO3/c17-9-3-6(1-2-10(9)18)22-5-8(16(24)25)15(23)7-4-11(19)12(20)13(21)14(7)22/h1-5H,(H,24,25). The van der Waals surface area contributed by atoms with Crippen LogP contribution in [0.4, 0.5) is 17.6 Å². The molecule has 1 N–H and O–H groups in total. The van der Waals surface area contributed by atoms with Gasteiger partial charge in [-0.2, -0.15) is 0 Å². The number of halogens is 5. The van der Waals surface area contributed by atoms with Crippen LogP contribution >= 0.6 is 11.6 Å². The van der Waals surface area contributed by atoms with Crippen LogP contribution < -0.4 is 5.43 Å². The smallest absolute Gasteiger partial charge is 0.341 e. The van der Waals surface area contributed by atoms with Crippen molar-refractivity contribution in [3.63, 3.8) is 0 Å². The molecule has 0 radical (unpaired) electrons. The number of carbonyl (C=O) groups is 1. The zero-order chi connectivity index (χ0) is 18.5. The van der Waals surface area contributed by atoms with E-state index in [1.807, 2.05) is 0 Å². The van der Waals surface area contributed by atoms with Crippen molar-refractivity contribution in [2.75, 3.05) is 0 Å². The molecule has 0 aliphatic rings. The van der Waals surface area contributed by atoms with Crippen LogP contribution in [0.15, 0.2) is 35.3 Å². The lowest BCUT2D eigenvalue weighted by molar-refractivity contribution is 0.0695. The van der Waals surface area contributed by atoms with E-state index in [4.69, 9.17) is 16.7 Å². The van der Waals surface area contributed by atoms with E-state index >= 15 is 0 Å². The Kier molecular flexibility index (Phi) is 4.00. The van der Waals surface area contributed by atoms with Crippen molar-refractivity contribution in [3.8, 4) is 5.69 Å². The molecule has 9 heteroatoms. The van der Waals surface area contributed by atoms with Gasteiger partial charge in [0.05, 0.1) is 15.9 Å². The van der Waals surface area contributed by atoms with Gasteiger partial charge in [0.1, 0.15) is 11.4 Å². The predicted molar refractivity (Wildman–Crippen MR) is 81.3 cm³/mol. The van der Waals surface area contributed by atoms with Gasteiger partial charge < -0.3 is 9.67 Å². The molecule has 3 rings (SSSR count). The number of carboxylic acids is 1. The second-order valence-electron chi connectivity index (χ2n) is 5.03. The van der Waals surface area contributed by atoms with Crippen molar-refractivity contribution in [2.24, 2.45) is 0 Å². The second-order valence-corrected chi connectivity index (χ2v) is 5.44. The van der Waals surface area contributed by atoms with Crippen molar-refractivity contribution in [2.45, 2.75) is 0 Å². The number of hydrogen-bond donors (Lipinski definition) is 1. The van der Waals surface area contributed by atoms with Crippen molar-refractivity contribution in [3.05, 3.63) is 74.5 Å². The normalized spacial score (nSPS) is 11.1. The van der Waals surface area contributed by atoms with E-state index in [2.05, 4.69) is 0 Å². The monoisotopic (exact) mass is 371 g/mol. The summed E-state index contributed by atoms with van der Waals surface area (Å²) in [7, 11) is 0. The van der Waals surface area contributed by atoms with Crippen LogP contribution in [0.3, 0.4) is 0 Å². The van der Waals surface area contributed by atoms with Gasteiger partial charge in [-0.3, -0.25) is 4.79 Å². The first-order valence-corrected chi connectivity index (χ1v) is 7.01. The van der Waals surface area contributed by atoms with E-state index in [-0.39, 0.29) is 10.7 Å². The first-order chi connectivity index (χ1) is 11.7. The third kappa shape index (κ3) is 2.64. The zero-order valence-electron chi connectivity index (χ0n) is 12.0. The van der Waals surface area contributed by atoms with Crippen LogP contribution in [-0.2, 0) is 0 Å². The molecule has 2 aromatic carbocycles. The molecule has 0 amide bonds. The molecule has 0 unspecified atom stereocenters. The molecule has 4 nitrogen and oxygen atoms in total. The van der Waals surface area contributed by atoms with Gasteiger partial charge in [-0.05, 0) is 24.3 Å². The average Bonchev–Trinajstić information content (AvgIpc) is 2.56. The van der Waals surface area contributed by atoms with Crippen molar-refractivity contribution in [1.29, 1.82) is 0 Å². The molecule has 0 spiro atoms. The number of aromatic carboxylic acids is 1. The maximum atomic E-state index is 14.3. The Morgan fingerprint density at radius 1 is 1.04 bits per heavy atom. The van der Waals surface area contributed by atoms with Crippen LogP contribution in [0.5, 0.6) is 0 Å². The molecule has 0 bridgehead atoms. The molecular formula is C16H6ClF4NO3. The van der Waals surface area contributed by atoms with E-state index in [0.29, 0.717) is 6.07 Å².